The second-order valence-electron chi connectivity index (χ2n) is 5.44. The van der Waals surface area contributed by atoms with Gasteiger partial charge < -0.3 is 5.32 Å². The van der Waals surface area contributed by atoms with Gasteiger partial charge in [-0.25, -0.2) is 4.98 Å². The first-order valence-corrected chi connectivity index (χ1v) is 9.58. The van der Waals surface area contributed by atoms with Crippen LogP contribution in [0.3, 0.4) is 0 Å². The van der Waals surface area contributed by atoms with Gasteiger partial charge in [0, 0.05) is 47.1 Å². The normalized spacial score (nSPS) is 10.7. The highest BCUT2D eigenvalue weighted by atomic mass is 32.1. The van der Waals surface area contributed by atoms with E-state index in [0.29, 0.717) is 13.0 Å². The summed E-state index contributed by atoms with van der Waals surface area (Å²) in [7, 11) is 0. The van der Waals surface area contributed by atoms with Gasteiger partial charge in [-0.2, -0.15) is 0 Å². The van der Waals surface area contributed by atoms with Crippen molar-refractivity contribution in [2.45, 2.75) is 26.2 Å². The van der Waals surface area contributed by atoms with Gasteiger partial charge in [0.05, 0.1) is 5.69 Å². The maximum atomic E-state index is 11.9. The summed E-state index contributed by atoms with van der Waals surface area (Å²) in [5.41, 5.74) is 2.13. The van der Waals surface area contributed by atoms with Gasteiger partial charge in [0.2, 0.25) is 5.91 Å². The monoisotopic (exact) mass is 357 g/mol. The Hall–Kier alpha value is -2.05. The Morgan fingerprint density at radius 1 is 1.21 bits per heavy atom. The predicted molar refractivity (Wildman–Crippen MR) is 99.4 cm³/mol. The number of carbonyl (C=O) groups excluding carboxylic acids is 1. The van der Waals surface area contributed by atoms with Crippen LogP contribution < -0.4 is 5.32 Å². The lowest BCUT2D eigenvalue weighted by molar-refractivity contribution is -0.121. The van der Waals surface area contributed by atoms with Crippen molar-refractivity contribution < 1.29 is 4.79 Å². The van der Waals surface area contributed by atoms with Crippen molar-refractivity contribution in [3.8, 4) is 10.6 Å². The van der Waals surface area contributed by atoms with Crippen LogP contribution in [0.25, 0.3) is 10.6 Å². The minimum Gasteiger partial charge on any atom is -0.356 e. The van der Waals surface area contributed by atoms with E-state index >= 15 is 0 Å². The molecule has 6 heteroatoms. The second-order valence-corrected chi connectivity index (χ2v) is 7.56. The van der Waals surface area contributed by atoms with E-state index in [0.717, 1.165) is 29.1 Å². The Kier molecular flexibility index (Phi) is 5.72. The number of carbonyl (C=O) groups is 1. The molecule has 0 atom stereocenters. The fourth-order valence-electron chi connectivity index (χ4n) is 2.37. The highest BCUT2D eigenvalue weighted by molar-refractivity contribution is 7.15. The lowest BCUT2D eigenvalue weighted by Crippen LogP contribution is -2.25. The number of aryl methyl sites for hydroxylation is 2. The van der Waals surface area contributed by atoms with Crippen molar-refractivity contribution in [1.29, 1.82) is 0 Å². The Bertz CT molecular complexity index is 782. The first-order chi connectivity index (χ1) is 11.7. The number of nitrogens with zero attached hydrogens (tertiary/aromatic N) is 2. The fraction of sp³-hybridized carbons (Fsp3) is 0.278. The Labute approximate surface area is 149 Å². The third kappa shape index (κ3) is 4.49. The van der Waals surface area contributed by atoms with Gasteiger partial charge in [0.25, 0.3) is 0 Å². The number of amides is 1. The smallest absolute Gasteiger partial charge is 0.220 e. The molecule has 0 aliphatic rings. The van der Waals surface area contributed by atoms with Gasteiger partial charge >= 0.3 is 0 Å². The van der Waals surface area contributed by atoms with Crippen LogP contribution in [0.1, 0.15) is 21.9 Å². The molecule has 0 aliphatic carbocycles. The fourth-order valence-corrected chi connectivity index (χ4v) is 4.15. The molecule has 3 aromatic heterocycles. The first kappa shape index (κ1) is 16.8. The summed E-state index contributed by atoms with van der Waals surface area (Å²) in [6.45, 7) is 2.68. The van der Waals surface area contributed by atoms with E-state index in [1.54, 1.807) is 35.1 Å². The van der Waals surface area contributed by atoms with Crippen LogP contribution in [0, 0.1) is 6.92 Å². The molecule has 0 unspecified atom stereocenters. The molecule has 0 saturated carbocycles. The van der Waals surface area contributed by atoms with Gasteiger partial charge in [-0.3, -0.25) is 9.78 Å². The average Bonchev–Trinajstić information content (AvgIpc) is 3.24. The van der Waals surface area contributed by atoms with E-state index in [1.807, 2.05) is 30.5 Å². The SMILES string of the molecule is Cc1nc(-c2ccncc2)sc1CCNC(=O)CCc1cccs1. The number of pyridine rings is 1. The third-order valence-corrected chi connectivity index (χ3v) is 5.88. The van der Waals surface area contributed by atoms with Gasteiger partial charge in [0.15, 0.2) is 0 Å². The Morgan fingerprint density at radius 2 is 2.04 bits per heavy atom. The lowest BCUT2D eigenvalue weighted by atomic mass is 10.2. The average molecular weight is 358 g/mol. The quantitative estimate of drug-likeness (QED) is 0.698. The van der Waals surface area contributed by atoms with Crippen LogP contribution in [0.2, 0.25) is 0 Å². The first-order valence-electron chi connectivity index (χ1n) is 7.88. The molecule has 0 bridgehead atoms. The van der Waals surface area contributed by atoms with Crippen LogP contribution in [-0.4, -0.2) is 22.4 Å². The maximum Gasteiger partial charge on any atom is 0.220 e. The highest BCUT2D eigenvalue weighted by Gasteiger charge is 2.10. The molecular weight excluding hydrogens is 338 g/mol. The van der Waals surface area contributed by atoms with Gasteiger partial charge in [-0.05, 0) is 36.9 Å². The highest BCUT2D eigenvalue weighted by Crippen LogP contribution is 2.27. The molecule has 3 rings (SSSR count). The zero-order valence-electron chi connectivity index (χ0n) is 13.5. The topological polar surface area (TPSA) is 54.9 Å². The molecule has 0 aliphatic heterocycles. The zero-order chi connectivity index (χ0) is 16.8. The maximum absolute atomic E-state index is 11.9. The van der Waals surface area contributed by atoms with Crippen LogP contribution in [0.15, 0.2) is 42.0 Å². The molecule has 3 heterocycles. The standard InChI is InChI=1S/C18H19N3OS2/c1-13-16(24-18(21-13)14-6-9-19-10-7-14)8-11-20-17(22)5-4-15-3-2-12-23-15/h2-3,6-7,9-10,12H,4-5,8,11H2,1H3,(H,20,22). The van der Waals surface area contributed by atoms with Crippen LogP contribution in [0.5, 0.6) is 0 Å². The van der Waals surface area contributed by atoms with E-state index in [1.165, 1.54) is 9.75 Å². The van der Waals surface area contributed by atoms with E-state index < -0.39 is 0 Å². The number of aromatic nitrogens is 2. The molecule has 124 valence electrons. The van der Waals surface area contributed by atoms with Crippen LogP contribution >= 0.6 is 22.7 Å². The summed E-state index contributed by atoms with van der Waals surface area (Å²) in [4.78, 5) is 23.1. The summed E-state index contributed by atoms with van der Waals surface area (Å²) in [5.74, 6) is 0.111. The summed E-state index contributed by atoms with van der Waals surface area (Å²) >= 11 is 3.38. The number of rotatable bonds is 7. The summed E-state index contributed by atoms with van der Waals surface area (Å²) in [5, 5.41) is 6.05. The molecule has 0 radical (unpaired) electrons. The summed E-state index contributed by atoms with van der Waals surface area (Å²) in [6.07, 6.45) is 5.73. The number of thiazole rings is 1. The molecule has 0 fully saturated rings. The van der Waals surface area contributed by atoms with Crippen LogP contribution in [-0.2, 0) is 17.6 Å². The third-order valence-electron chi connectivity index (χ3n) is 3.67. The molecule has 0 spiro atoms. The van der Waals surface area contributed by atoms with Crippen molar-refractivity contribution >= 4 is 28.6 Å². The number of hydrogen-bond donors (Lipinski definition) is 1. The lowest BCUT2D eigenvalue weighted by Gasteiger charge is -2.04. The minimum atomic E-state index is 0.111. The zero-order valence-corrected chi connectivity index (χ0v) is 15.1. The van der Waals surface area contributed by atoms with E-state index in [-0.39, 0.29) is 5.91 Å². The molecule has 4 nitrogen and oxygen atoms in total. The summed E-state index contributed by atoms with van der Waals surface area (Å²) < 4.78 is 0. The largest absolute Gasteiger partial charge is 0.356 e. The predicted octanol–water partition coefficient (Wildman–Crippen LogP) is 3.87. The van der Waals surface area contributed by atoms with Gasteiger partial charge in [-0.15, -0.1) is 22.7 Å². The van der Waals surface area contributed by atoms with Crippen molar-refractivity contribution in [3.05, 3.63) is 57.5 Å². The number of nitrogens with one attached hydrogen (secondary N) is 1. The van der Waals surface area contributed by atoms with Crippen molar-refractivity contribution in [1.82, 2.24) is 15.3 Å². The number of hydrogen-bond acceptors (Lipinski definition) is 5. The minimum absolute atomic E-state index is 0.111. The van der Waals surface area contributed by atoms with Crippen LogP contribution in [0.4, 0.5) is 0 Å². The van der Waals surface area contributed by atoms with Gasteiger partial charge in [-0.1, -0.05) is 6.07 Å². The van der Waals surface area contributed by atoms with Crippen molar-refractivity contribution in [2.24, 2.45) is 0 Å². The Morgan fingerprint density at radius 3 is 2.79 bits per heavy atom. The van der Waals surface area contributed by atoms with Crippen molar-refractivity contribution in [3.63, 3.8) is 0 Å². The number of thiophene rings is 1. The molecule has 1 N–H and O–H groups in total. The Balaban J connectivity index is 1.48. The molecule has 0 aromatic carbocycles. The molecular formula is C18H19N3OS2. The molecule has 24 heavy (non-hydrogen) atoms. The van der Waals surface area contributed by atoms with E-state index in [4.69, 9.17) is 0 Å². The molecule has 3 aromatic rings. The van der Waals surface area contributed by atoms with Gasteiger partial charge in [0.1, 0.15) is 5.01 Å². The van der Waals surface area contributed by atoms with E-state index in [2.05, 4.69) is 21.4 Å². The molecule has 1 amide bonds. The summed E-state index contributed by atoms with van der Waals surface area (Å²) in [6, 6.07) is 8.02. The molecule has 0 saturated heterocycles. The van der Waals surface area contributed by atoms with Crippen molar-refractivity contribution in [2.75, 3.05) is 6.54 Å². The second kappa shape index (κ2) is 8.17. The van der Waals surface area contributed by atoms with E-state index in [9.17, 15) is 4.79 Å².